The highest BCUT2D eigenvalue weighted by Crippen LogP contribution is 2.41. The van der Waals surface area contributed by atoms with Crippen LogP contribution >= 0.6 is 0 Å². The van der Waals surface area contributed by atoms with E-state index in [1.165, 1.54) is 0 Å². The Morgan fingerprint density at radius 3 is 2.55 bits per heavy atom. The van der Waals surface area contributed by atoms with Crippen molar-refractivity contribution in [2.24, 2.45) is 0 Å². The molecule has 0 radical (unpaired) electrons. The normalized spacial score (nSPS) is 20.8. The molecule has 3 N–H and O–H groups in total. The van der Waals surface area contributed by atoms with E-state index in [-0.39, 0.29) is 24.4 Å². The Morgan fingerprint density at radius 1 is 1.21 bits per heavy atom. The molecule has 33 heavy (non-hydrogen) atoms. The maximum absolute atomic E-state index is 14.6. The molecule has 0 amide bonds. The summed E-state index contributed by atoms with van der Waals surface area (Å²) >= 11 is 0. The number of nitrogens with zero attached hydrogens (tertiary/aromatic N) is 4. The van der Waals surface area contributed by atoms with Gasteiger partial charge in [0.15, 0.2) is 23.1 Å². The van der Waals surface area contributed by atoms with Gasteiger partial charge >= 0.3 is 6.18 Å². The zero-order valence-corrected chi connectivity index (χ0v) is 17.2. The first-order valence-electron chi connectivity index (χ1n) is 9.64. The quantitative estimate of drug-likeness (QED) is 0.487. The molecule has 0 unspecified atom stereocenters. The number of anilines is 1. The first kappa shape index (κ1) is 23.0. The number of alkyl halides is 4. The van der Waals surface area contributed by atoms with Crippen molar-refractivity contribution in [2.45, 2.75) is 30.9 Å². The number of nitrogens with one attached hydrogen (secondary N) is 2. The molecule has 3 aromatic rings. The zero-order valence-electron chi connectivity index (χ0n) is 17.2. The minimum atomic E-state index is -5.11. The molecule has 3 aromatic heterocycles. The second-order valence-corrected chi connectivity index (χ2v) is 7.62. The predicted octanol–water partition coefficient (Wildman–Crippen LogP) is 2.57. The number of pyridine rings is 1. The summed E-state index contributed by atoms with van der Waals surface area (Å²) in [6, 6.07) is 0.768. The maximum Gasteiger partial charge on any atom is 0.422 e. The highest BCUT2D eigenvalue weighted by Gasteiger charge is 2.54. The molecule has 14 heteroatoms. The molecule has 1 fully saturated rings. The summed E-state index contributed by atoms with van der Waals surface area (Å²) in [5, 5.41) is 19.2. The summed E-state index contributed by atoms with van der Waals surface area (Å²) in [5.41, 5.74) is -5.09. The topological polar surface area (TPSA) is 96.6 Å². The van der Waals surface area contributed by atoms with Gasteiger partial charge in [-0.2, -0.15) is 18.3 Å². The summed E-state index contributed by atoms with van der Waals surface area (Å²) in [5.74, 6) is -3.09. The number of fused-ring (bicyclic) bond motifs is 1. The van der Waals surface area contributed by atoms with E-state index in [2.05, 4.69) is 25.7 Å². The standard InChI is InChI=1S/C19H18F6N6O2/c1-18(32,19(23,24)25)16-13(33-2)4-14-27-7-12(31(14)30-16)15-8(20)3-9(21)17(29-15)28-11-6-26-5-10(11)22/h3-4,7,10-11,26,32H,5-6H2,1-2H3,(H,28,29)/t10-,11-,18+/m1/s1. The van der Waals surface area contributed by atoms with Crippen molar-refractivity contribution < 1.29 is 36.2 Å². The summed E-state index contributed by atoms with van der Waals surface area (Å²) in [7, 11) is 1.09. The van der Waals surface area contributed by atoms with Crippen molar-refractivity contribution in [3.05, 3.63) is 35.7 Å². The molecule has 4 heterocycles. The van der Waals surface area contributed by atoms with Gasteiger partial charge in [0.05, 0.1) is 19.3 Å². The first-order chi connectivity index (χ1) is 15.4. The van der Waals surface area contributed by atoms with Gasteiger partial charge in [-0.1, -0.05) is 0 Å². The van der Waals surface area contributed by atoms with Crippen LogP contribution in [0.3, 0.4) is 0 Å². The number of methoxy groups -OCH3 is 1. The lowest BCUT2D eigenvalue weighted by Crippen LogP contribution is -2.40. The van der Waals surface area contributed by atoms with Crippen molar-refractivity contribution in [2.75, 3.05) is 25.5 Å². The van der Waals surface area contributed by atoms with E-state index in [9.17, 15) is 31.4 Å². The van der Waals surface area contributed by atoms with E-state index in [1.807, 2.05) is 0 Å². The molecule has 1 aliphatic rings. The molecule has 3 atom stereocenters. The Morgan fingerprint density at radius 2 is 1.94 bits per heavy atom. The zero-order chi connectivity index (χ0) is 24.1. The van der Waals surface area contributed by atoms with Gasteiger partial charge in [0.25, 0.3) is 0 Å². The second kappa shape index (κ2) is 8.02. The largest absolute Gasteiger partial charge is 0.495 e. The molecular formula is C19H18F6N6O2. The molecule has 1 saturated heterocycles. The fourth-order valence-electron chi connectivity index (χ4n) is 3.40. The van der Waals surface area contributed by atoms with Crippen molar-refractivity contribution in [3.63, 3.8) is 0 Å². The molecular weight excluding hydrogens is 458 g/mol. The predicted molar refractivity (Wildman–Crippen MR) is 103 cm³/mol. The average Bonchev–Trinajstić information content (AvgIpc) is 3.33. The van der Waals surface area contributed by atoms with Crippen LogP contribution in [0.4, 0.5) is 32.2 Å². The highest BCUT2D eigenvalue weighted by atomic mass is 19.4. The molecule has 0 spiro atoms. The molecule has 178 valence electrons. The third-order valence-corrected chi connectivity index (χ3v) is 5.33. The minimum Gasteiger partial charge on any atom is -0.495 e. The van der Waals surface area contributed by atoms with E-state index in [0.717, 1.165) is 23.9 Å². The van der Waals surface area contributed by atoms with Crippen LogP contribution in [0.2, 0.25) is 0 Å². The Kier molecular flexibility index (Phi) is 5.60. The molecule has 1 aliphatic heterocycles. The molecule has 8 nitrogen and oxygen atoms in total. The minimum absolute atomic E-state index is 0.0487. The number of aliphatic hydroxyl groups is 1. The van der Waals surface area contributed by atoms with Crippen molar-refractivity contribution in [1.29, 1.82) is 0 Å². The van der Waals surface area contributed by atoms with Crippen LogP contribution in [0.5, 0.6) is 5.75 Å². The number of aromatic nitrogens is 4. The van der Waals surface area contributed by atoms with Crippen LogP contribution in [-0.4, -0.2) is 63.3 Å². The van der Waals surface area contributed by atoms with E-state index >= 15 is 0 Å². The average molecular weight is 476 g/mol. The lowest BCUT2D eigenvalue weighted by molar-refractivity contribution is -0.261. The summed E-state index contributed by atoms with van der Waals surface area (Å²) in [4.78, 5) is 7.84. The number of halogens is 6. The van der Waals surface area contributed by atoms with Gasteiger partial charge in [-0.05, 0) is 6.92 Å². The van der Waals surface area contributed by atoms with Crippen molar-refractivity contribution >= 4 is 11.5 Å². The van der Waals surface area contributed by atoms with Crippen molar-refractivity contribution in [3.8, 4) is 17.1 Å². The van der Waals surface area contributed by atoms with Crippen LogP contribution in [0.25, 0.3) is 17.0 Å². The third-order valence-electron chi connectivity index (χ3n) is 5.33. The summed E-state index contributed by atoms with van der Waals surface area (Å²) in [6.45, 7) is 0.720. The second-order valence-electron chi connectivity index (χ2n) is 7.62. The van der Waals surface area contributed by atoms with E-state index < -0.39 is 58.6 Å². The number of hydrogen-bond acceptors (Lipinski definition) is 7. The lowest BCUT2D eigenvalue weighted by Gasteiger charge is -2.26. The van der Waals surface area contributed by atoms with E-state index in [1.54, 1.807) is 0 Å². The lowest BCUT2D eigenvalue weighted by atomic mass is 10.0. The Hall–Kier alpha value is -3.13. The van der Waals surface area contributed by atoms with Gasteiger partial charge in [-0.3, -0.25) is 0 Å². The third kappa shape index (κ3) is 3.93. The Balaban J connectivity index is 1.85. The van der Waals surface area contributed by atoms with Crippen LogP contribution in [0.15, 0.2) is 18.3 Å². The Bertz CT molecular complexity index is 1200. The van der Waals surface area contributed by atoms with Crippen LogP contribution in [-0.2, 0) is 5.60 Å². The van der Waals surface area contributed by atoms with Gasteiger partial charge in [-0.15, -0.1) is 0 Å². The molecule has 4 rings (SSSR count). The SMILES string of the molecule is COc1cc2ncc(-c3nc(N[C@@H]4CNC[C@H]4F)c(F)cc3F)n2nc1[C@](C)(O)C(F)(F)F. The van der Waals surface area contributed by atoms with Gasteiger partial charge < -0.3 is 20.5 Å². The fourth-order valence-corrected chi connectivity index (χ4v) is 3.40. The number of rotatable bonds is 5. The summed E-state index contributed by atoms with van der Waals surface area (Å²) < 4.78 is 88.9. The van der Waals surface area contributed by atoms with Crippen LogP contribution in [0, 0.1) is 11.6 Å². The Labute approximate surface area is 182 Å². The molecule has 0 saturated carbocycles. The number of ether oxygens (including phenoxy) is 1. The maximum atomic E-state index is 14.6. The van der Waals surface area contributed by atoms with Crippen LogP contribution < -0.4 is 15.4 Å². The molecule has 0 bridgehead atoms. The van der Waals surface area contributed by atoms with Gasteiger partial charge in [-0.25, -0.2) is 27.7 Å². The van der Waals surface area contributed by atoms with Gasteiger partial charge in [0.2, 0.25) is 5.60 Å². The van der Waals surface area contributed by atoms with Crippen molar-refractivity contribution in [1.82, 2.24) is 24.9 Å². The molecule has 0 aliphatic carbocycles. The van der Waals surface area contributed by atoms with Gasteiger partial charge in [0, 0.05) is 25.2 Å². The first-order valence-corrected chi connectivity index (χ1v) is 9.64. The number of imidazole rings is 1. The van der Waals surface area contributed by atoms with Crippen LogP contribution in [0.1, 0.15) is 12.6 Å². The highest BCUT2D eigenvalue weighted by molar-refractivity contribution is 5.63. The van der Waals surface area contributed by atoms with Gasteiger partial charge in [0.1, 0.15) is 29.0 Å². The summed E-state index contributed by atoms with van der Waals surface area (Å²) in [6.07, 6.45) is -5.39. The fraction of sp³-hybridized carbons (Fsp3) is 0.421. The van der Waals surface area contributed by atoms with E-state index in [0.29, 0.717) is 13.0 Å². The molecule has 0 aromatic carbocycles. The number of hydrogen-bond donors (Lipinski definition) is 3. The monoisotopic (exact) mass is 476 g/mol. The smallest absolute Gasteiger partial charge is 0.422 e. The van der Waals surface area contributed by atoms with E-state index in [4.69, 9.17) is 4.74 Å².